The molecule has 120 valence electrons. The number of carboxylic acids is 1. The summed E-state index contributed by atoms with van der Waals surface area (Å²) in [5.41, 5.74) is 0.823. The third kappa shape index (κ3) is 3.19. The number of carbonyl (C=O) groups is 1. The lowest BCUT2D eigenvalue weighted by atomic mass is 9.92. The Hall–Kier alpha value is -1.75. The van der Waals surface area contributed by atoms with Gasteiger partial charge >= 0.3 is 5.97 Å². The molecule has 1 saturated heterocycles. The van der Waals surface area contributed by atoms with Crippen LogP contribution < -0.4 is 9.47 Å². The second-order valence-electron chi connectivity index (χ2n) is 6.15. The molecule has 5 heteroatoms. The fourth-order valence-electron chi connectivity index (χ4n) is 3.08. The van der Waals surface area contributed by atoms with Crippen molar-refractivity contribution in [1.82, 2.24) is 0 Å². The van der Waals surface area contributed by atoms with Gasteiger partial charge in [-0.25, -0.2) is 0 Å². The zero-order valence-corrected chi connectivity index (χ0v) is 12.8. The maximum atomic E-state index is 11.1. The van der Waals surface area contributed by atoms with Crippen LogP contribution in [-0.4, -0.2) is 37.5 Å². The molecule has 0 spiro atoms. The van der Waals surface area contributed by atoms with Crippen LogP contribution in [0, 0.1) is 0 Å². The molecule has 0 unspecified atom stereocenters. The highest BCUT2D eigenvalue weighted by Crippen LogP contribution is 2.52. The SMILES string of the molecule is COc1ccc(C2(CC(=O)O)CC2)cc1OC1CCOCC1. The maximum Gasteiger partial charge on any atom is 0.304 e. The van der Waals surface area contributed by atoms with Gasteiger partial charge in [0, 0.05) is 18.3 Å². The molecule has 2 aliphatic rings. The van der Waals surface area contributed by atoms with Crippen molar-refractivity contribution < 1.29 is 24.1 Å². The molecule has 5 nitrogen and oxygen atoms in total. The Balaban J connectivity index is 1.81. The summed E-state index contributed by atoms with van der Waals surface area (Å²) >= 11 is 0. The van der Waals surface area contributed by atoms with Crippen LogP contribution in [0.5, 0.6) is 11.5 Å². The molecule has 3 rings (SSSR count). The number of ether oxygens (including phenoxy) is 3. The second kappa shape index (κ2) is 6.16. The molecule has 0 bridgehead atoms. The number of hydrogen-bond donors (Lipinski definition) is 1. The summed E-state index contributed by atoms with van der Waals surface area (Å²) in [5, 5.41) is 9.11. The zero-order valence-electron chi connectivity index (χ0n) is 12.8. The summed E-state index contributed by atoms with van der Waals surface area (Å²) in [7, 11) is 1.62. The van der Waals surface area contributed by atoms with Crippen LogP contribution in [0.3, 0.4) is 0 Å². The molecule has 0 aromatic heterocycles. The van der Waals surface area contributed by atoms with Gasteiger partial charge in [-0.1, -0.05) is 6.07 Å². The minimum Gasteiger partial charge on any atom is -0.493 e. The molecular weight excluding hydrogens is 284 g/mol. The number of methoxy groups -OCH3 is 1. The fraction of sp³-hybridized carbons (Fsp3) is 0.588. The first kappa shape index (κ1) is 15.2. The standard InChI is InChI=1S/C17H22O5/c1-20-14-3-2-12(17(6-7-17)11-16(18)19)10-15(14)22-13-4-8-21-9-5-13/h2-3,10,13H,4-9,11H2,1H3,(H,18,19). The average molecular weight is 306 g/mol. The maximum absolute atomic E-state index is 11.1. The van der Waals surface area contributed by atoms with Gasteiger partial charge in [0.25, 0.3) is 0 Å². The van der Waals surface area contributed by atoms with E-state index in [2.05, 4.69) is 0 Å². The van der Waals surface area contributed by atoms with Gasteiger partial charge in [-0.05, 0) is 30.5 Å². The molecule has 1 N–H and O–H groups in total. The van der Waals surface area contributed by atoms with Crippen molar-refractivity contribution in [2.45, 2.75) is 43.6 Å². The van der Waals surface area contributed by atoms with Crippen molar-refractivity contribution in [3.63, 3.8) is 0 Å². The van der Waals surface area contributed by atoms with Crippen molar-refractivity contribution in [1.29, 1.82) is 0 Å². The first-order valence-corrected chi connectivity index (χ1v) is 7.78. The van der Waals surface area contributed by atoms with E-state index in [0.29, 0.717) is 11.5 Å². The van der Waals surface area contributed by atoms with Crippen LogP contribution in [0.1, 0.15) is 37.7 Å². The Morgan fingerprint density at radius 2 is 2.05 bits per heavy atom. The lowest BCUT2D eigenvalue weighted by Crippen LogP contribution is -2.26. The van der Waals surface area contributed by atoms with Gasteiger partial charge in [-0.15, -0.1) is 0 Å². The number of carboxylic acid groups (broad SMARTS) is 1. The van der Waals surface area contributed by atoms with Gasteiger partial charge in [0.1, 0.15) is 6.10 Å². The monoisotopic (exact) mass is 306 g/mol. The molecule has 1 saturated carbocycles. The van der Waals surface area contributed by atoms with E-state index in [0.717, 1.165) is 44.5 Å². The predicted molar refractivity (Wildman–Crippen MR) is 80.6 cm³/mol. The summed E-state index contributed by atoms with van der Waals surface area (Å²) in [6.07, 6.45) is 3.88. The summed E-state index contributed by atoms with van der Waals surface area (Å²) in [6, 6.07) is 5.81. The van der Waals surface area contributed by atoms with E-state index in [9.17, 15) is 4.79 Å². The van der Waals surface area contributed by atoms with Crippen molar-refractivity contribution in [3.05, 3.63) is 23.8 Å². The molecule has 22 heavy (non-hydrogen) atoms. The molecule has 1 heterocycles. The molecule has 1 aromatic rings. The molecule has 0 radical (unpaired) electrons. The van der Waals surface area contributed by atoms with Crippen molar-refractivity contribution >= 4 is 5.97 Å². The Morgan fingerprint density at radius 1 is 1.32 bits per heavy atom. The van der Waals surface area contributed by atoms with Gasteiger partial charge in [0.2, 0.25) is 0 Å². The number of rotatable bonds is 6. The fourth-order valence-corrected chi connectivity index (χ4v) is 3.08. The largest absolute Gasteiger partial charge is 0.493 e. The highest BCUT2D eigenvalue weighted by atomic mass is 16.5. The lowest BCUT2D eigenvalue weighted by Gasteiger charge is -2.25. The van der Waals surface area contributed by atoms with Gasteiger partial charge in [-0.3, -0.25) is 4.79 Å². The number of aliphatic carboxylic acids is 1. The minimum atomic E-state index is -0.750. The normalized spacial score (nSPS) is 20.4. The van der Waals surface area contributed by atoms with Gasteiger partial charge < -0.3 is 19.3 Å². The van der Waals surface area contributed by atoms with Crippen molar-refractivity contribution in [2.75, 3.05) is 20.3 Å². The van der Waals surface area contributed by atoms with Crippen LogP contribution in [0.25, 0.3) is 0 Å². The summed E-state index contributed by atoms with van der Waals surface area (Å²) in [4.78, 5) is 11.1. The van der Waals surface area contributed by atoms with E-state index in [1.54, 1.807) is 7.11 Å². The van der Waals surface area contributed by atoms with E-state index in [1.807, 2.05) is 18.2 Å². The van der Waals surface area contributed by atoms with Crippen LogP contribution >= 0.6 is 0 Å². The summed E-state index contributed by atoms with van der Waals surface area (Å²) < 4.78 is 16.8. The predicted octanol–water partition coefficient (Wildman–Crippen LogP) is 2.76. The average Bonchev–Trinajstić information content (AvgIpc) is 3.28. The Labute approximate surface area is 130 Å². The molecular formula is C17H22O5. The number of hydrogen-bond acceptors (Lipinski definition) is 4. The zero-order chi connectivity index (χ0) is 15.6. The first-order valence-electron chi connectivity index (χ1n) is 7.78. The van der Waals surface area contributed by atoms with E-state index < -0.39 is 5.97 Å². The Kier molecular flexibility index (Phi) is 4.25. The van der Waals surface area contributed by atoms with Crippen LogP contribution in [0.4, 0.5) is 0 Å². The molecule has 0 atom stereocenters. The van der Waals surface area contributed by atoms with Gasteiger partial charge in [0.05, 0.1) is 26.7 Å². The molecule has 1 aromatic carbocycles. The molecule has 2 fully saturated rings. The minimum absolute atomic E-state index is 0.132. The lowest BCUT2D eigenvalue weighted by molar-refractivity contribution is -0.137. The Bertz CT molecular complexity index is 544. The Morgan fingerprint density at radius 3 is 2.64 bits per heavy atom. The second-order valence-corrected chi connectivity index (χ2v) is 6.15. The number of benzene rings is 1. The smallest absolute Gasteiger partial charge is 0.304 e. The summed E-state index contributed by atoms with van der Waals surface area (Å²) in [5.74, 6) is 0.658. The quantitative estimate of drug-likeness (QED) is 0.875. The van der Waals surface area contributed by atoms with Crippen molar-refractivity contribution in [2.24, 2.45) is 0 Å². The molecule has 1 aliphatic carbocycles. The van der Waals surface area contributed by atoms with Crippen LogP contribution in [-0.2, 0) is 14.9 Å². The highest BCUT2D eigenvalue weighted by Gasteiger charge is 2.46. The molecule has 0 amide bonds. The van der Waals surface area contributed by atoms with Crippen molar-refractivity contribution in [3.8, 4) is 11.5 Å². The first-order chi connectivity index (χ1) is 10.6. The van der Waals surface area contributed by atoms with Crippen LogP contribution in [0.15, 0.2) is 18.2 Å². The van der Waals surface area contributed by atoms with E-state index >= 15 is 0 Å². The topological polar surface area (TPSA) is 65.0 Å². The van der Waals surface area contributed by atoms with Gasteiger partial charge in [-0.2, -0.15) is 0 Å². The third-order valence-corrected chi connectivity index (χ3v) is 4.58. The summed E-state index contributed by atoms with van der Waals surface area (Å²) in [6.45, 7) is 1.44. The van der Waals surface area contributed by atoms with Gasteiger partial charge in [0.15, 0.2) is 11.5 Å². The third-order valence-electron chi connectivity index (χ3n) is 4.58. The molecule has 1 aliphatic heterocycles. The highest BCUT2D eigenvalue weighted by molar-refractivity contribution is 5.70. The van der Waals surface area contributed by atoms with E-state index in [1.165, 1.54) is 0 Å². The van der Waals surface area contributed by atoms with E-state index in [4.69, 9.17) is 19.3 Å². The van der Waals surface area contributed by atoms with Crippen LogP contribution in [0.2, 0.25) is 0 Å². The van der Waals surface area contributed by atoms with E-state index in [-0.39, 0.29) is 17.9 Å².